The number of hydrogen-bond donors (Lipinski definition) is 1. The molecule has 1 N–H and O–H groups in total. The zero-order valence-electron chi connectivity index (χ0n) is 18.1. The van der Waals surface area contributed by atoms with Crippen molar-refractivity contribution in [1.29, 1.82) is 0 Å². The smallest absolute Gasteiger partial charge is 0.276 e. The largest absolute Gasteiger partial charge is 0.471 e. The first-order valence-electron chi connectivity index (χ1n) is 9.47. The Morgan fingerprint density at radius 3 is 2.40 bits per heavy atom. The molecule has 0 saturated carbocycles. The molecule has 9 nitrogen and oxygen atoms in total. The van der Waals surface area contributed by atoms with Gasteiger partial charge in [-0.2, -0.15) is 10.2 Å². The number of nitrogens with zero attached hydrogens (tertiary/aromatic N) is 5. The monoisotopic (exact) mass is 410 g/mol. The Kier molecular flexibility index (Phi) is 5.91. The van der Waals surface area contributed by atoms with Crippen LogP contribution in [0.4, 0.5) is 5.69 Å². The van der Waals surface area contributed by atoms with Crippen LogP contribution in [0, 0.1) is 20.8 Å². The molecule has 0 fully saturated rings. The number of ether oxygens (including phenoxy) is 1. The molecular weight excluding hydrogens is 384 g/mol. The fourth-order valence-electron chi connectivity index (χ4n) is 3.01. The Bertz CT molecular complexity index is 1080. The molecule has 0 saturated heterocycles. The molecule has 0 bridgehead atoms. The maximum atomic E-state index is 12.7. The number of benzene rings is 1. The summed E-state index contributed by atoms with van der Waals surface area (Å²) in [6.45, 7) is 5.97. The average molecular weight is 410 g/mol. The summed E-state index contributed by atoms with van der Waals surface area (Å²) in [5, 5.41) is 11.3. The normalized spacial score (nSPS) is 10.7. The molecule has 0 aliphatic carbocycles. The highest BCUT2D eigenvalue weighted by atomic mass is 16.5. The van der Waals surface area contributed by atoms with Gasteiger partial charge in [-0.3, -0.25) is 14.3 Å². The van der Waals surface area contributed by atoms with Crippen LogP contribution in [0.25, 0.3) is 0 Å². The Hall–Kier alpha value is -3.62. The summed E-state index contributed by atoms with van der Waals surface area (Å²) in [6.07, 6.45) is 1.67. The molecule has 0 atom stereocenters. The number of anilines is 1. The second-order valence-electron chi connectivity index (χ2n) is 7.42. The topological polar surface area (TPSA) is 94.3 Å². The molecule has 2 amide bonds. The van der Waals surface area contributed by atoms with Crippen molar-refractivity contribution in [3.63, 3.8) is 0 Å². The SMILES string of the molecule is Cc1cc(C)cc(OCn2ccc(C(=O)Nc3c(C(=O)N(C)C)nn(C)c3C)n2)c1. The van der Waals surface area contributed by atoms with Gasteiger partial charge in [0, 0.05) is 27.3 Å². The van der Waals surface area contributed by atoms with Crippen LogP contribution >= 0.6 is 0 Å². The number of amides is 2. The van der Waals surface area contributed by atoms with Gasteiger partial charge in [-0.05, 0) is 50.1 Å². The highest BCUT2D eigenvalue weighted by Gasteiger charge is 2.23. The van der Waals surface area contributed by atoms with Crippen molar-refractivity contribution in [2.24, 2.45) is 7.05 Å². The van der Waals surface area contributed by atoms with Crippen molar-refractivity contribution in [3.8, 4) is 5.75 Å². The maximum Gasteiger partial charge on any atom is 0.276 e. The van der Waals surface area contributed by atoms with Crippen molar-refractivity contribution < 1.29 is 14.3 Å². The molecule has 0 unspecified atom stereocenters. The summed E-state index contributed by atoms with van der Waals surface area (Å²) < 4.78 is 8.86. The summed E-state index contributed by atoms with van der Waals surface area (Å²) in [7, 11) is 4.99. The van der Waals surface area contributed by atoms with Crippen LogP contribution in [-0.4, -0.2) is 50.4 Å². The van der Waals surface area contributed by atoms with Crippen molar-refractivity contribution in [1.82, 2.24) is 24.5 Å². The van der Waals surface area contributed by atoms with E-state index in [1.807, 2.05) is 26.0 Å². The first kappa shape index (κ1) is 21.1. The molecule has 9 heteroatoms. The van der Waals surface area contributed by atoms with Gasteiger partial charge in [0.2, 0.25) is 0 Å². The molecule has 0 aliphatic rings. The molecule has 158 valence electrons. The lowest BCUT2D eigenvalue weighted by Crippen LogP contribution is -2.24. The highest BCUT2D eigenvalue weighted by Crippen LogP contribution is 2.21. The van der Waals surface area contributed by atoms with Gasteiger partial charge >= 0.3 is 0 Å². The molecule has 2 heterocycles. The van der Waals surface area contributed by atoms with Gasteiger partial charge in [0.1, 0.15) is 5.75 Å². The number of carbonyl (C=O) groups excluding carboxylic acids is 2. The van der Waals surface area contributed by atoms with E-state index in [9.17, 15) is 9.59 Å². The minimum absolute atomic E-state index is 0.173. The van der Waals surface area contributed by atoms with E-state index in [-0.39, 0.29) is 24.0 Å². The van der Waals surface area contributed by atoms with Crippen molar-refractivity contribution >= 4 is 17.5 Å². The summed E-state index contributed by atoms with van der Waals surface area (Å²) in [5.74, 6) is 0.0252. The van der Waals surface area contributed by atoms with Gasteiger partial charge in [-0.25, -0.2) is 4.68 Å². The van der Waals surface area contributed by atoms with E-state index >= 15 is 0 Å². The zero-order valence-corrected chi connectivity index (χ0v) is 18.1. The predicted molar refractivity (Wildman–Crippen MR) is 113 cm³/mol. The number of aryl methyl sites for hydroxylation is 3. The van der Waals surface area contributed by atoms with E-state index in [1.165, 1.54) is 9.58 Å². The molecule has 0 aliphatic heterocycles. The van der Waals surface area contributed by atoms with Gasteiger partial charge in [0.15, 0.2) is 18.1 Å². The minimum Gasteiger partial charge on any atom is -0.471 e. The van der Waals surface area contributed by atoms with Crippen LogP contribution in [0.1, 0.15) is 37.8 Å². The molecule has 0 spiro atoms. The van der Waals surface area contributed by atoms with Gasteiger partial charge < -0.3 is 15.0 Å². The zero-order chi connectivity index (χ0) is 22.0. The summed E-state index contributed by atoms with van der Waals surface area (Å²) in [4.78, 5) is 26.5. The summed E-state index contributed by atoms with van der Waals surface area (Å²) >= 11 is 0. The lowest BCUT2D eigenvalue weighted by molar-refractivity contribution is 0.0822. The molecular formula is C21H26N6O3. The Balaban J connectivity index is 1.72. The number of rotatable bonds is 6. The van der Waals surface area contributed by atoms with Crippen LogP contribution in [-0.2, 0) is 13.8 Å². The Labute approximate surface area is 175 Å². The first-order chi connectivity index (χ1) is 14.2. The minimum atomic E-state index is -0.427. The van der Waals surface area contributed by atoms with Gasteiger partial charge in [-0.15, -0.1) is 0 Å². The van der Waals surface area contributed by atoms with Crippen LogP contribution < -0.4 is 10.1 Å². The quantitative estimate of drug-likeness (QED) is 0.674. The predicted octanol–water partition coefficient (Wildman–Crippen LogP) is 2.53. The third kappa shape index (κ3) is 4.51. The van der Waals surface area contributed by atoms with E-state index < -0.39 is 5.91 Å². The second-order valence-corrected chi connectivity index (χ2v) is 7.42. The first-order valence-corrected chi connectivity index (χ1v) is 9.47. The average Bonchev–Trinajstić information content (AvgIpc) is 3.25. The van der Waals surface area contributed by atoms with Crippen LogP contribution in [0.2, 0.25) is 0 Å². The molecule has 30 heavy (non-hydrogen) atoms. The van der Waals surface area contributed by atoms with E-state index in [4.69, 9.17) is 4.74 Å². The molecule has 3 aromatic rings. The molecule has 0 radical (unpaired) electrons. The Morgan fingerprint density at radius 1 is 1.10 bits per heavy atom. The van der Waals surface area contributed by atoms with E-state index in [2.05, 4.69) is 21.6 Å². The Morgan fingerprint density at radius 2 is 1.77 bits per heavy atom. The van der Waals surface area contributed by atoms with Gasteiger partial charge in [0.05, 0.1) is 11.4 Å². The fraction of sp³-hybridized carbons (Fsp3) is 0.333. The number of nitrogens with one attached hydrogen (secondary N) is 1. The lowest BCUT2D eigenvalue weighted by Gasteiger charge is -2.10. The van der Waals surface area contributed by atoms with Gasteiger partial charge in [-0.1, -0.05) is 6.07 Å². The summed E-state index contributed by atoms with van der Waals surface area (Å²) in [6, 6.07) is 7.55. The molecule has 3 rings (SSSR count). The third-order valence-electron chi connectivity index (χ3n) is 4.61. The second kappa shape index (κ2) is 8.40. The van der Waals surface area contributed by atoms with Crippen LogP contribution in [0.3, 0.4) is 0 Å². The van der Waals surface area contributed by atoms with Crippen molar-refractivity contribution in [2.75, 3.05) is 19.4 Å². The van der Waals surface area contributed by atoms with Crippen LogP contribution in [0.5, 0.6) is 5.75 Å². The van der Waals surface area contributed by atoms with E-state index in [0.717, 1.165) is 16.9 Å². The molecule has 1 aromatic carbocycles. The molecule has 2 aromatic heterocycles. The fourth-order valence-corrected chi connectivity index (χ4v) is 3.01. The van der Waals surface area contributed by atoms with Gasteiger partial charge in [0.25, 0.3) is 11.8 Å². The standard InChI is InChI=1S/C21H26N6O3/c1-13-9-14(2)11-16(10-13)30-12-27-8-7-17(23-27)20(28)22-18-15(3)26(6)24-19(18)21(29)25(4)5/h7-11H,12H2,1-6H3,(H,22,28). The highest BCUT2D eigenvalue weighted by molar-refractivity contribution is 6.07. The van der Waals surface area contributed by atoms with Crippen molar-refractivity contribution in [3.05, 3.63) is 58.7 Å². The van der Waals surface area contributed by atoms with E-state index in [0.29, 0.717) is 11.4 Å². The van der Waals surface area contributed by atoms with Crippen molar-refractivity contribution in [2.45, 2.75) is 27.5 Å². The number of carbonyl (C=O) groups is 2. The van der Waals surface area contributed by atoms with E-state index in [1.54, 1.807) is 45.0 Å². The number of aromatic nitrogens is 4. The third-order valence-corrected chi connectivity index (χ3v) is 4.61. The lowest BCUT2D eigenvalue weighted by atomic mass is 10.1. The van der Waals surface area contributed by atoms with Crippen LogP contribution in [0.15, 0.2) is 30.5 Å². The maximum absolute atomic E-state index is 12.7. The summed E-state index contributed by atoms with van der Waals surface area (Å²) in [5.41, 5.74) is 3.67. The number of hydrogen-bond acceptors (Lipinski definition) is 5.